The largest absolute Gasteiger partial charge is 0.550 e. The highest BCUT2D eigenvalue weighted by Gasteiger charge is 2.29. The fourth-order valence-electron chi connectivity index (χ4n) is 3.91. The number of benzene rings is 3. The predicted octanol–water partition coefficient (Wildman–Crippen LogP) is 0.744. The van der Waals surface area contributed by atoms with Gasteiger partial charge in [0.05, 0.1) is 5.97 Å². The van der Waals surface area contributed by atoms with Crippen LogP contribution in [0.2, 0.25) is 0 Å². The molecule has 0 aliphatic heterocycles. The molecule has 0 fully saturated rings. The first kappa shape index (κ1) is 32.7. The number of carbonyl (C=O) groups is 3. The van der Waals surface area contributed by atoms with Crippen molar-refractivity contribution in [1.82, 2.24) is 4.90 Å². The number of carboxylic acid groups (broad SMARTS) is 3. The van der Waals surface area contributed by atoms with Gasteiger partial charge in [-0.25, -0.2) is 0 Å². The summed E-state index contributed by atoms with van der Waals surface area (Å²) in [4.78, 5) is 32.4. The van der Waals surface area contributed by atoms with Gasteiger partial charge in [-0.3, -0.25) is 0 Å². The number of carbonyl (C=O) groups excluding carboxylic acids is 3. The van der Waals surface area contributed by atoms with Crippen LogP contribution in [0, 0.1) is 0 Å². The number of aliphatic hydroxyl groups is 1. The molecule has 0 spiro atoms. The van der Waals surface area contributed by atoms with Gasteiger partial charge in [0.1, 0.15) is 18.0 Å². The molecule has 0 saturated heterocycles. The molecule has 9 heteroatoms. The first-order valence-corrected chi connectivity index (χ1v) is 13.2. The monoisotopic (exact) mass is 560 g/mol. The molecule has 1 N–H and O–H groups in total. The molecule has 0 bridgehead atoms. The predicted molar refractivity (Wildman–Crippen MR) is 149 cm³/mol. The number of likely N-dealkylation sites (N-methyl/N-ethyl adjacent to an activating group) is 1. The van der Waals surface area contributed by atoms with E-state index >= 15 is 0 Å². The first-order valence-electron chi connectivity index (χ1n) is 13.2. The summed E-state index contributed by atoms with van der Waals surface area (Å²) >= 11 is 0. The van der Waals surface area contributed by atoms with E-state index in [-0.39, 0.29) is 0 Å². The third-order valence-corrected chi connectivity index (χ3v) is 6.18. The number of carboxylic acids is 3. The Bertz CT molecular complexity index is 1250. The fourth-order valence-corrected chi connectivity index (χ4v) is 3.91. The zero-order chi connectivity index (χ0) is 30.3. The summed E-state index contributed by atoms with van der Waals surface area (Å²) in [5.41, 5.74) is 1.83. The van der Waals surface area contributed by atoms with E-state index in [1.165, 1.54) is 22.3 Å². The van der Waals surface area contributed by atoms with Gasteiger partial charge in [0, 0.05) is 31.3 Å². The van der Waals surface area contributed by atoms with Crippen molar-refractivity contribution in [2.24, 2.45) is 0 Å². The van der Waals surface area contributed by atoms with Crippen molar-refractivity contribution < 1.29 is 39.5 Å². The van der Waals surface area contributed by atoms with E-state index in [0.29, 0.717) is 6.61 Å². The van der Waals surface area contributed by atoms with E-state index in [2.05, 4.69) is 104 Å². The minimum atomic E-state index is -2.97. The van der Waals surface area contributed by atoms with Gasteiger partial charge >= 0.3 is 0 Å². The van der Waals surface area contributed by atoms with Crippen molar-refractivity contribution in [3.63, 3.8) is 0 Å². The highest BCUT2D eigenvalue weighted by molar-refractivity contribution is 5.91. The molecule has 3 aromatic carbocycles. The molecule has 0 heterocycles. The molecule has 0 saturated carbocycles. The smallest absolute Gasteiger partial charge is 0.119 e. The maximum absolute atomic E-state index is 10.1. The van der Waals surface area contributed by atoms with E-state index in [9.17, 15) is 29.7 Å². The molecule has 41 heavy (non-hydrogen) atoms. The van der Waals surface area contributed by atoms with Crippen molar-refractivity contribution in [3.8, 4) is 5.75 Å². The third-order valence-electron chi connectivity index (χ3n) is 6.18. The molecule has 9 nitrogen and oxygen atoms in total. The SMILES string of the molecule is CCN(CC)CCOc1ccc(/C(=C\c2ccccc2)c2ccccc2)cc1.O=C([O-])CC(O)(CC(=O)[O-])C(=O)[O-]. The molecule has 3 aromatic rings. The van der Waals surface area contributed by atoms with Crippen LogP contribution >= 0.6 is 0 Å². The topological polar surface area (TPSA) is 153 Å². The number of hydrogen-bond acceptors (Lipinski definition) is 9. The Morgan fingerprint density at radius 2 is 1.27 bits per heavy atom. The summed E-state index contributed by atoms with van der Waals surface area (Å²) in [5, 5.41) is 38.9. The Hall–Kier alpha value is -4.47. The van der Waals surface area contributed by atoms with E-state index in [1.807, 2.05) is 6.07 Å². The summed E-state index contributed by atoms with van der Waals surface area (Å²) < 4.78 is 5.94. The van der Waals surface area contributed by atoms with Crippen molar-refractivity contribution in [2.75, 3.05) is 26.2 Å². The van der Waals surface area contributed by atoms with Gasteiger partial charge < -0.3 is 44.4 Å². The summed E-state index contributed by atoms with van der Waals surface area (Å²) in [6.07, 6.45) is -0.474. The molecule has 0 aliphatic carbocycles. The summed E-state index contributed by atoms with van der Waals surface area (Å²) in [6.45, 7) is 8.16. The molecule has 0 aliphatic rings. The Kier molecular flexibility index (Phi) is 13.2. The van der Waals surface area contributed by atoms with Gasteiger partial charge in [0.25, 0.3) is 0 Å². The van der Waals surface area contributed by atoms with Crippen molar-refractivity contribution in [3.05, 3.63) is 102 Å². The number of hydrogen-bond donors (Lipinski definition) is 1. The number of nitrogens with zero attached hydrogens (tertiary/aromatic N) is 1. The van der Waals surface area contributed by atoms with Crippen LogP contribution in [0.25, 0.3) is 11.6 Å². The lowest BCUT2D eigenvalue weighted by atomic mass is 9.95. The summed E-state index contributed by atoms with van der Waals surface area (Å²) in [7, 11) is 0. The molecule has 0 aromatic heterocycles. The maximum Gasteiger partial charge on any atom is 0.119 e. The Labute approximate surface area is 240 Å². The Morgan fingerprint density at radius 1 is 0.780 bits per heavy atom. The van der Waals surface area contributed by atoms with E-state index in [1.54, 1.807) is 0 Å². The second kappa shape index (κ2) is 16.6. The molecular formula is C32H34NO8-3. The lowest BCUT2D eigenvalue weighted by molar-refractivity contribution is -0.339. The Morgan fingerprint density at radius 3 is 1.73 bits per heavy atom. The second-order valence-corrected chi connectivity index (χ2v) is 9.15. The van der Waals surface area contributed by atoms with Gasteiger partial charge in [-0.15, -0.1) is 0 Å². The highest BCUT2D eigenvalue weighted by Crippen LogP contribution is 2.27. The van der Waals surface area contributed by atoms with Crippen LogP contribution in [0.3, 0.4) is 0 Å². The van der Waals surface area contributed by atoms with Crippen LogP contribution in [-0.4, -0.2) is 59.8 Å². The van der Waals surface area contributed by atoms with Crippen LogP contribution in [0.4, 0.5) is 0 Å². The average molecular weight is 561 g/mol. The summed E-state index contributed by atoms with van der Waals surface area (Å²) in [6, 6.07) is 29.4. The lowest BCUT2D eigenvalue weighted by Gasteiger charge is -2.29. The average Bonchev–Trinajstić information content (AvgIpc) is 2.95. The van der Waals surface area contributed by atoms with Crippen molar-refractivity contribution in [1.29, 1.82) is 0 Å². The molecular weight excluding hydrogens is 526 g/mol. The third kappa shape index (κ3) is 11.3. The minimum absolute atomic E-state index is 0.715. The normalized spacial score (nSPS) is 11.4. The number of ether oxygens (including phenoxy) is 1. The number of rotatable bonds is 14. The van der Waals surface area contributed by atoms with E-state index in [4.69, 9.17) is 9.84 Å². The van der Waals surface area contributed by atoms with Gasteiger partial charge in [-0.2, -0.15) is 0 Å². The zero-order valence-corrected chi connectivity index (χ0v) is 23.2. The van der Waals surface area contributed by atoms with Gasteiger partial charge in [0.2, 0.25) is 0 Å². The van der Waals surface area contributed by atoms with Gasteiger partial charge in [-0.05, 0) is 53.6 Å². The molecule has 0 unspecified atom stereocenters. The first-order chi connectivity index (χ1) is 19.6. The van der Waals surface area contributed by atoms with Gasteiger partial charge in [-0.1, -0.05) is 86.6 Å². The number of aliphatic carboxylic acids is 3. The standard InChI is InChI=1S/C26H29NO.C6H8O7/c1-3-27(4-2)19-20-28-25-17-15-24(16-18-25)26(23-13-9-6-10-14-23)21-22-11-7-5-8-12-22;7-3(8)1-6(13,5(11)12)2-4(9)10/h5-18,21H,3-4,19-20H2,1-2H3;13H,1-2H2,(H,7,8)(H,9,10)(H,11,12)/p-3/b26-21-;. The summed E-state index contributed by atoms with van der Waals surface area (Å²) in [5.74, 6) is -5.06. The molecule has 0 amide bonds. The zero-order valence-electron chi connectivity index (χ0n) is 23.2. The lowest BCUT2D eigenvalue weighted by Crippen LogP contribution is -2.54. The molecule has 0 atom stereocenters. The van der Waals surface area contributed by atoms with Crippen LogP contribution < -0.4 is 20.1 Å². The molecule has 3 rings (SSSR count). The quantitative estimate of drug-likeness (QED) is 0.281. The minimum Gasteiger partial charge on any atom is -0.550 e. The van der Waals surface area contributed by atoms with Crippen LogP contribution in [-0.2, 0) is 14.4 Å². The van der Waals surface area contributed by atoms with Crippen LogP contribution in [0.5, 0.6) is 5.75 Å². The Balaban J connectivity index is 0.000000383. The van der Waals surface area contributed by atoms with Crippen LogP contribution in [0.15, 0.2) is 84.9 Å². The maximum atomic E-state index is 10.1. The van der Waals surface area contributed by atoms with Crippen molar-refractivity contribution >= 4 is 29.6 Å². The van der Waals surface area contributed by atoms with Crippen molar-refractivity contribution in [2.45, 2.75) is 32.3 Å². The molecule has 218 valence electrons. The van der Waals surface area contributed by atoms with Gasteiger partial charge in [0.15, 0.2) is 0 Å². The second-order valence-electron chi connectivity index (χ2n) is 9.15. The highest BCUT2D eigenvalue weighted by atomic mass is 16.5. The van der Waals surface area contributed by atoms with Crippen LogP contribution in [0.1, 0.15) is 43.4 Å². The molecule has 0 radical (unpaired) electrons. The van der Waals surface area contributed by atoms with E-state index < -0.39 is 36.4 Å². The van der Waals surface area contributed by atoms with E-state index in [0.717, 1.165) is 25.4 Å². The fraction of sp³-hybridized carbons (Fsp3) is 0.281.